The van der Waals surface area contributed by atoms with Crippen molar-refractivity contribution < 1.29 is 42.5 Å². The summed E-state index contributed by atoms with van der Waals surface area (Å²) in [6, 6.07) is 26.8. The van der Waals surface area contributed by atoms with E-state index >= 15 is 0 Å². The average molecular weight is 813 g/mol. The molecular formula is C32H38Cl2N2O6P2RuS+4. The molecule has 2 atom stereocenters. The number of hydrogen-bond acceptors (Lipinski definition) is 8. The van der Waals surface area contributed by atoms with Crippen LogP contribution in [0.4, 0.5) is 0 Å². The molecule has 0 radical (unpaired) electrons. The van der Waals surface area contributed by atoms with E-state index < -0.39 is 25.7 Å². The van der Waals surface area contributed by atoms with Crippen LogP contribution >= 0.6 is 35.2 Å². The van der Waals surface area contributed by atoms with Crippen LogP contribution in [0.5, 0.6) is 23.0 Å². The van der Waals surface area contributed by atoms with Crippen LogP contribution < -0.4 is 41.0 Å². The molecule has 246 valence electrons. The summed E-state index contributed by atoms with van der Waals surface area (Å²) in [6.07, 6.45) is 0. The van der Waals surface area contributed by atoms with E-state index in [0.717, 1.165) is 21.7 Å². The van der Waals surface area contributed by atoms with Crippen molar-refractivity contribution in [3.63, 3.8) is 0 Å². The average Bonchev–Trinajstić information content (AvgIpc) is 3.74. The minimum atomic E-state index is -3.90. The van der Waals surface area contributed by atoms with Crippen LogP contribution in [0.1, 0.15) is 23.2 Å². The summed E-state index contributed by atoms with van der Waals surface area (Å²) in [5, 5.41) is 1.60. The number of sulfone groups is 1. The van der Waals surface area contributed by atoms with Crippen LogP contribution in [0.3, 0.4) is 0 Å². The van der Waals surface area contributed by atoms with Gasteiger partial charge in [0.05, 0.1) is 26.7 Å². The Bertz CT molecular complexity index is 1600. The molecule has 8 nitrogen and oxygen atoms in total. The number of benzene rings is 4. The van der Waals surface area contributed by atoms with Crippen molar-refractivity contribution >= 4 is 55.7 Å². The summed E-state index contributed by atoms with van der Waals surface area (Å²) in [5.41, 5.74) is 14.4. The van der Waals surface area contributed by atoms with Gasteiger partial charge in [0.15, 0.2) is 32.8 Å². The Labute approximate surface area is 289 Å². The molecule has 0 bridgehead atoms. The summed E-state index contributed by atoms with van der Waals surface area (Å²) in [7, 11) is 3.65. The molecule has 0 amide bonds. The van der Waals surface area contributed by atoms with Crippen molar-refractivity contribution in [3.8, 4) is 23.0 Å². The van der Waals surface area contributed by atoms with Gasteiger partial charge in [-0.2, -0.15) is 0 Å². The second-order valence-electron chi connectivity index (χ2n) is 10.8. The van der Waals surface area contributed by atoms with Crippen LogP contribution in [0, 0.1) is 0 Å². The van der Waals surface area contributed by atoms with Gasteiger partial charge in [-0.25, -0.2) is 8.42 Å². The molecule has 0 saturated carbocycles. The van der Waals surface area contributed by atoms with Gasteiger partial charge >= 0.3 is 34.5 Å². The van der Waals surface area contributed by atoms with Gasteiger partial charge in [-0.3, -0.25) is 0 Å². The quantitative estimate of drug-likeness (QED) is 0.174. The predicted octanol–water partition coefficient (Wildman–Crippen LogP) is 5.94. The van der Waals surface area contributed by atoms with Crippen LogP contribution in [-0.4, -0.2) is 48.7 Å². The topological polar surface area (TPSA) is 123 Å². The number of halogens is 2. The summed E-state index contributed by atoms with van der Waals surface area (Å²) in [4.78, 5) is 0.426. The Kier molecular flexibility index (Phi) is 13.5. The standard InChI is InChI=1S/C18H20O6P2S.C14H16N2.2ClH.Ru/c1-25(2)13-7-5-11-15(23-9-21-11)17(13)27(19,20)18-14(26(3)4)8-6-12-16(18)24-10-22-12;15-13(11-7-3-1-4-8-11)14(16)12-9-5-2-6-10-12;;;/h5-8H,9-10H2,1-4H3;1-10,13-14H,15-16H2;2*1H;/q;;;;+4. The van der Waals surface area contributed by atoms with Crippen molar-refractivity contribution in [2.45, 2.75) is 21.9 Å². The summed E-state index contributed by atoms with van der Waals surface area (Å²) in [6.45, 7) is 8.29. The molecule has 2 aliphatic heterocycles. The van der Waals surface area contributed by atoms with E-state index in [2.05, 4.69) is 26.7 Å². The molecule has 4 aromatic carbocycles. The number of ether oxygens (including phenoxy) is 4. The fourth-order valence-electron chi connectivity index (χ4n) is 5.08. The molecule has 4 N–H and O–H groups in total. The predicted molar refractivity (Wildman–Crippen MR) is 189 cm³/mol. The molecule has 4 aromatic rings. The first-order valence-electron chi connectivity index (χ1n) is 14.2. The normalized spacial score (nSPS) is 14.2. The minimum absolute atomic E-state index is 0.0206. The van der Waals surface area contributed by atoms with E-state index in [-0.39, 0.29) is 50.6 Å². The Morgan fingerprint density at radius 3 is 1.30 bits per heavy atom. The van der Waals surface area contributed by atoms with Gasteiger partial charge in [0, 0.05) is 27.9 Å². The first-order valence-corrected chi connectivity index (χ1v) is 25.2. The molecule has 0 saturated heterocycles. The molecule has 14 heteroatoms. The van der Waals surface area contributed by atoms with E-state index in [0.29, 0.717) is 23.0 Å². The fourth-order valence-corrected chi connectivity index (χ4v) is 10.8. The zero-order chi connectivity index (χ0) is 33.4. The van der Waals surface area contributed by atoms with Gasteiger partial charge in [-0.15, -0.1) is 0 Å². The molecule has 2 unspecified atom stereocenters. The van der Waals surface area contributed by atoms with Crippen LogP contribution in [0.15, 0.2) is 94.7 Å². The summed E-state index contributed by atoms with van der Waals surface area (Å²) in [5.74, 6) is 1.54. The summed E-state index contributed by atoms with van der Waals surface area (Å²) >= 11 is -0.346. The maximum atomic E-state index is 14.0. The third kappa shape index (κ3) is 8.35. The fraction of sp³-hybridized carbons (Fsp3) is 0.250. The number of nitrogens with two attached hydrogens (primary N) is 2. The molecule has 0 spiro atoms. The Balaban J connectivity index is 0.000000215. The van der Waals surface area contributed by atoms with Crippen molar-refractivity contribution in [3.05, 3.63) is 96.1 Å². The third-order valence-electron chi connectivity index (χ3n) is 7.36. The number of rotatable bonds is 7. The monoisotopic (exact) mass is 812 g/mol. The molecule has 6 rings (SSSR count). The van der Waals surface area contributed by atoms with E-state index in [1.807, 2.05) is 72.8 Å². The molecule has 0 fully saturated rings. The third-order valence-corrected chi connectivity index (χ3v) is 12.6. The molecule has 2 aliphatic rings. The van der Waals surface area contributed by atoms with E-state index in [4.69, 9.17) is 49.8 Å². The first-order chi connectivity index (χ1) is 22.0. The summed E-state index contributed by atoms with van der Waals surface area (Å²) < 4.78 is 50.0. The van der Waals surface area contributed by atoms with Gasteiger partial charge in [0.25, 0.3) is 0 Å². The molecule has 46 heavy (non-hydrogen) atoms. The van der Waals surface area contributed by atoms with Gasteiger partial charge in [0.1, 0.15) is 10.6 Å². The van der Waals surface area contributed by atoms with Gasteiger partial charge in [-0.05, 0) is 35.4 Å². The van der Waals surface area contributed by atoms with Crippen LogP contribution in [0.25, 0.3) is 0 Å². The van der Waals surface area contributed by atoms with E-state index in [9.17, 15) is 8.42 Å². The molecule has 0 aromatic heterocycles. The number of hydrogen-bond donors (Lipinski definition) is 2. The molecular weight excluding hydrogens is 774 g/mol. The first kappa shape index (κ1) is 36.8. The van der Waals surface area contributed by atoms with Crippen molar-refractivity contribution in [2.24, 2.45) is 11.5 Å². The van der Waals surface area contributed by atoms with Crippen molar-refractivity contribution in [2.75, 3.05) is 40.2 Å². The number of fused-ring (bicyclic) bond motifs is 2. The zero-order valence-electron chi connectivity index (χ0n) is 25.8. The van der Waals surface area contributed by atoms with E-state index in [1.165, 1.54) is 0 Å². The van der Waals surface area contributed by atoms with Gasteiger partial charge in [-0.1, -0.05) is 60.7 Å². The van der Waals surface area contributed by atoms with E-state index in [1.54, 1.807) is 12.1 Å². The molecule has 2 heterocycles. The van der Waals surface area contributed by atoms with Crippen molar-refractivity contribution in [1.82, 2.24) is 0 Å². The van der Waals surface area contributed by atoms with Gasteiger partial charge in [0.2, 0.25) is 23.4 Å². The molecule has 0 aliphatic carbocycles. The second-order valence-corrected chi connectivity index (χ2v) is 20.3. The second kappa shape index (κ2) is 16.9. The Hall–Kier alpha value is -1.99. The Morgan fingerprint density at radius 2 is 0.978 bits per heavy atom. The SMILES string of the molecule is C[PH+](C)c1ccc2c(c1S(=O)(=O)c1c([PH+](C)C)ccc3c1OCO3)OCO2.NC(c1ccccc1)C(N)c1ccccc1.[Cl][Ru+2][Cl]. The maximum absolute atomic E-state index is 14.0. The Morgan fingerprint density at radius 1 is 0.630 bits per heavy atom. The van der Waals surface area contributed by atoms with Crippen molar-refractivity contribution in [1.29, 1.82) is 0 Å². The zero-order valence-corrected chi connectivity index (χ0v) is 31.8. The van der Waals surface area contributed by atoms with Gasteiger partial charge < -0.3 is 30.4 Å². The van der Waals surface area contributed by atoms with Crippen LogP contribution in [-0.2, 0) is 25.0 Å². The van der Waals surface area contributed by atoms with Crippen LogP contribution in [0.2, 0.25) is 0 Å².